The summed E-state index contributed by atoms with van der Waals surface area (Å²) >= 11 is 1.07. The standard InChI is InChI=1S/C8H12N4OS.ClH/c1-6-5-12(3-2-9-6)8(13)7-4-10-14-11-7;/h4,6,9H,2-3,5H2,1H3;1H. The second-order valence-electron chi connectivity index (χ2n) is 3.40. The molecule has 84 valence electrons. The van der Waals surface area contributed by atoms with Crippen LogP contribution in [-0.2, 0) is 0 Å². The molecular weight excluding hydrogens is 236 g/mol. The number of halogens is 1. The summed E-state index contributed by atoms with van der Waals surface area (Å²) in [5, 5.41) is 3.28. The lowest BCUT2D eigenvalue weighted by Crippen LogP contribution is -2.51. The van der Waals surface area contributed by atoms with Crippen LogP contribution >= 0.6 is 24.1 Å². The van der Waals surface area contributed by atoms with Crippen molar-refractivity contribution in [3.63, 3.8) is 0 Å². The van der Waals surface area contributed by atoms with Gasteiger partial charge in [-0.1, -0.05) is 0 Å². The second-order valence-corrected chi connectivity index (χ2v) is 3.96. The van der Waals surface area contributed by atoms with Crippen LogP contribution in [0.25, 0.3) is 0 Å². The van der Waals surface area contributed by atoms with Crippen molar-refractivity contribution in [1.82, 2.24) is 19.0 Å². The SMILES string of the molecule is CC1CN(C(=O)c2cnsn2)CCN1.Cl. The topological polar surface area (TPSA) is 58.1 Å². The van der Waals surface area contributed by atoms with E-state index in [4.69, 9.17) is 0 Å². The predicted octanol–water partition coefficient (Wildman–Crippen LogP) is 0.394. The van der Waals surface area contributed by atoms with Gasteiger partial charge >= 0.3 is 0 Å². The third kappa shape index (κ3) is 2.87. The Bertz CT molecular complexity index is 318. The van der Waals surface area contributed by atoms with E-state index < -0.39 is 0 Å². The van der Waals surface area contributed by atoms with E-state index in [1.165, 1.54) is 6.20 Å². The van der Waals surface area contributed by atoms with Gasteiger partial charge in [0.25, 0.3) is 5.91 Å². The van der Waals surface area contributed by atoms with Crippen LogP contribution < -0.4 is 5.32 Å². The van der Waals surface area contributed by atoms with Crippen LogP contribution in [0.1, 0.15) is 17.4 Å². The fraction of sp³-hybridized carbons (Fsp3) is 0.625. The van der Waals surface area contributed by atoms with Crippen molar-refractivity contribution < 1.29 is 4.79 Å². The molecule has 7 heteroatoms. The highest BCUT2D eigenvalue weighted by Gasteiger charge is 2.22. The summed E-state index contributed by atoms with van der Waals surface area (Å²) in [6.45, 7) is 4.42. The zero-order valence-corrected chi connectivity index (χ0v) is 9.98. The van der Waals surface area contributed by atoms with Crippen molar-refractivity contribution in [2.24, 2.45) is 0 Å². The molecule has 2 heterocycles. The van der Waals surface area contributed by atoms with Crippen molar-refractivity contribution >= 4 is 30.0 Å². The molecule has 2 rings (SSSR count). The summed E-state index contributed by atoms with van der Waals surface area (Å²) in [4.78, 5) is 13.6. The molecule has 15 heavy (non-hydrogen) atoms. The number of hydrogen-bond acceptors (Lipinski definition) is 5. The minimum Gasteiger partial charge on any atom is -0.334 e. The van der Waals surface area contributed by atoms with Gasteiger partial charge < -0.3 is 10.2 Å². The molecule has 5 nitrogen and oxygen atoms in total. The number of aromatic nitrogens is 2. The normalized spacial score (nSPS) is 20.9. The minimum absolute atomic E-state index is 0. The maximum Gasteiger partial charge on any atom is 0.275 e. The van der Waals surface area contributed by atoms with E-state index in [-0.39, 0.29) is 18.3 Å². The maximum absolute atomic E-state index is 11.8. The van der Waals surface area contributed by atoms with E-state index in [1.807, 2.05) is 4.90 Å². The van der Waals surface area contributed by atoms with E-state index in [1.54, 1.807) is 0 Å². The van der Waals surface area contributed by atoms with Gasteiger partial charge in [0.1, 0.15) is 0 Å². The molecule has 1 aromatic heterocycles. The first-order valence-corrected chi connectivity index (χ1v) is 5.30. The molecular formula is C8H13ClN4OS. The quantitative estimate of drug-likeness (QED) is 0.782. The molecule has 1 amide bonds. The lowest BCUT2D eigenvalue weighted by molar-refractivity contribution is 0.0704. The fourth-order valence-corrected chi connectivity index (χ4v) is 1.94. The Kier molecular flexibility index (Phi) is 4.44. The molecule has 0 saturated carbocycles. The van der Waals surface area contributed by atoms with E-state index in [2.05, 4.69) is 21.0 Å². The molecule has 1 aliphatic heterocycles. The Morgan fingerprint density at radius 1 is 1.73 bits per heavy atom. The van der Waals surface area contributed by atoms with Gasteiger partial charge in [0.15, 0.2) is 5.69 Å². The Hall–Kier alpha value is -0.720. The smallest absolute Gasteiger partial charge is 0.275 e. The van der Waals surface area contributed by atoms with Crippen LogP contribution in [0.2, 0.25) is 0 Å². The highest BCUT2D eigenvalue weighted by Crippen LogP contribution is 2.05. The predicted molar refractivity (Wildman–Crippen MR) is 60.5 cm³/mol. The molecule has 0 spiro atoms. The molecule has 1 saturated heterocycles. The first kappa shape index (κ1) is 12.4. The molecule has 1 aromatic rings. The number of nitrogens with one attached hydrogen (secondary N) is 1. The Balaban J connectivity index is 0.00000112. The Morgan fingerprint density at radius 2 is 2.53 bits per heavy atom. The van der Waals surface area contributed by atoms with Gasteiger partial charge in [0.05, 0.1) is 17.9 Å². The zero-order valence-electron chi connectivity index (χ0n) is 8.34. The van der Waals surface area contributed by atoms with E-state index in [0.29, 0.717) is 11.7 Å². The van der Waals surface area contributed by atoms with Crippen molar-refractivity contribution in [2.45, 2.75) is 13.0 Å². The van der Waals surface area contributed by atoms with Gasteiger partial charge in [-0.2, -0.15) is 8.75 Å². The summed E-state index contributed by atoms with van der Waals surface area (Å²) in [6.07, 6.45) is 1.53. The fourth-order valence-electron chi connectivity index (χ4n) is 1.54. The molecule has 1 N–H and O–H groups in total. The third-order valence-corrected chi connectivity index (χ3v) is 2.71. The molecule has 0 aliphatic carbocycles. The number of carbonyl (C=O) groups is 1. The number of hydrogen-bond donors (Lipinski definition) is 1. The summed E-state index contributed by atoms with van der Waals surface area (Å²) < 4.78 is 7.76. The van der Waals surface area contributed by atoms with E-state index >= 15 is 0 Å². The van der Waals surface area contributed by atoms with Crippen LogP contribution in [0.15, 0.2) is 6.20 Å². The van der Waals surface area contributed by atoms with Gasteiger partial charge in [-0.15, -0.1) is 12.4 Å². The van der Waals surface area contributed by atoms with Crippen LogP contribution in [-0.4, -0.2) is 45.2 Å². The molecule has 1 aliphatic rings. The molecule has 0 bridgehead atoms. The molecule has 1 atom stereocenters. The number of carbonyl (C=O) groups excluding carboxylic acids is 1. The van der Waals surface area contributed by atoms with Crippen molar-refractivity contribution in [1.29, 1.82) is 0 Å². The van der Waals surface area contributed by atoms with Gasteiger partial charge in [-0.05, 0) is 6.92 Å². The summed E-state index contributed by atoms with van der Waals surface area (Å²) in [5.41, 5.74) is 0.462. The van der Waals surface area contributed by atoms with Gasteiger partial charge in [0, 0.05) is 25.7 Å². The highest BCUT2D eigenvalue weighted by atomic mass is 35.5. The second kappa shape index (κ2) is 5.39. The lowest BCUT2D eigenvalue weighted by atomic mass is 10.2. The number of amides is 1. The molecule has 0 aromatic carbocycles. The van der Waals surface area contributed by atoms with Crippen LogP contribution in [0.4, 0.5) is 0 Å². The van der Waals surface area contributed by atoms with E-state index in [0.717, 1.165) is 31.4 Å². The van der Waals surface area contributed by atoms with Gasteiger partial charge in [-0.3, -0.25) is 4.79 Å². The summed E-state index contributed by atoms with van der Waals surface area (Å²) in [7, 11) is 0. The summed E-state index contributed by atoms with van der Waals surface area (Å²) in [5.74, 6) is -0.00731. The number of rotatable bonds is 1. The Labute approximate surface area is 98.6 Å². The van der Waals surface area contributed by atoms with Crippen molar-refractivity contribution in [3.05, 3.63) is 11.9 Å². The van der Waals surface area contributed by atoms with Gasteiger partial charge in [-0.25, -0.2) is 0 Å². The van der Waals surface area contributed by atoms with Crippen LogP contribution in [0, 0.1) is 0 Å². The maximum atomic E-state index is 11.8. The van der Waals surface area contributed by atoms with Crippen molar-refractivity contribution in [3.8, 4) is 0 Å². The number of nitrogens with zero attached hydrogens (tertiary/aromatic N) is 3. The molecule has 1 fully saturated rings. The first-order chi connectivity index (χ1) is 6.77. The van der Waals surface area contributed by atoms with Crippen LogP contribution in [0.3, 0.4) is 0 Å². The lowest BCUT2D eigenvalue weighted by Gasteiger charge is -2.31. The Morgan fingerprint density at radius 3 is 3.13 bits per heavy atom. The highest BCUT2D eigenvalue weighted by molar-refractivity contribution is 6.99. The van der Waals surface area contributed by atoms with Gasteiger partial charge in [0.2, 0.25) is 0 Å². The average Bonchev–Trinajstić information content (AvgIpc) is 2.69. The van der Waals surface area contributed by atoms with Crippen molar-refractivity contribution in [2.75, 3.05) is 19.6 Å². The third-order valence-electron chi connectivity index (χ3n) is 2.24. The largest absolute Gasteiger partial charge is 0.334 e. The molecule has 0 radical (unpaired) electrons. The monoisotopic (exact) mass is 248 g/mol. The zero-order chi connectivity index (χ0) is 9.97. The van der Waals surface area contributed by atoms with E-state index in [9.17, 15) is 4.79 Å². The average molecular weight is 249 g/mol. The summed E-state index contributed by atoms with van der Waals surface area (Å²) in [6, 6.07) is 0.360. The van der Waals surface area contributed by atoms with Crippen LogP contribution in [0.5, 0.6) is 0 Å². The number of piperazine rings is 1. The molecule has 1 unspecified atom stereocenters. The first-order valence-electron chi connectivity index (χ1n) is 4.57. The minimum atomic E-state index is -0.00731.